The van der Waals surface area contributed by atoms with Crippen LogP contribution in [0.2, 0.25) is 0 Å². The Hall–Kier alpha value is -1.72. The van der Waals surface area contributed by atoms with Gasteiger partial charge < -0.3 is 0 Å². The molecule has 2 fully saturated rings. The van der Waals surface area contributed by atoms with E-state index in [1.165, 1.54) is 4.90 Å². The molecule has 1 amide bonds. The molecule has 1 aliphatic carbocycles. The number of nitrogens with one attached hydrogen (secondary N) is 1. The van der Waals surface area contributed by atoms with E-state index in [2.05, 4.69) is 15.2 Å². The standard InChI is InChI=1S/C9H10N4O2/c14-6-3-7(15)13(4-6)9-10-8(11-12-9)5-1-2-5/h5H,1-4H2,(H,10,11,12). The van der Waals surface area contributed by atoms with Gasteiger partial charge in [0.25, 0.3) is 5.95 Å². The number of nitrogens with zero attached hydrogens (tertiary/aromatic N) is 3. The number of carbonyl (C=O) groups is 2. The third-order valence-electron chi connectivity index (χ3n) is 2.68. The van der Waals surface area contributed by atoms with Crippen molar-refractivity contribution < 1.29 is 9.59 Å². The maximum atomic E-state index is 11.4. The van der Waals surface area contributed by atoms with Crippen molar-refractivity contribution in [1.29, 1.82) is 0 Å². The molecule has 1 aliphatic heterocycles. The summed E-state index contributed by atoms with van der Waals surface area (Å²) < 4.78 is 0. The maximum Gasteiger partial charge on any atom is 0.251 e. The maximum absolute atomic E-state index is 11.4. The molecule has 0 radical (unpaired) electrons. The highest BCUT2D eigenvalue weighted by molar-refractivity contribution is 6.14. The van der Waals surface area contributed by atoms with Gasteiger partial charge in [0.05, 0.1) is 13.0 Å². The second-order valence-electron chi connectivity index (χ2n) is 3.99. The molecule has 2 aliphatic rings. The molecular weight excluding hydrogens is 196 g/mol. The second-order valence-corrected chi connectivity index (χ2v) is 3.99. The number of carbonyl (C=O) groups excluding carboxylic acids is 2. The molecule has 0 bridgehead atoms. The van der Waals surface area contributed by atoms with Gasteiger partial charge in [-0.25, -0.2) is 0 Å². The molecule has 0 unspecified atom stereocenters. The molecule has 2 heterocycles. The van der Waals surface area contributed by atoms with Gasteiger partial charge in [0.2, 0.25) is 5.91 Å². The van der Waals surface area contributed by atoms with Crippen molar-refractivity contribution in [2.24, 2.45) is 0 Å². The van der Waals surface area contributed by atoms with Crippen LogP contribution in [0, 0.1) is 0 Å². The van der Waals surface area contributed by atoms with Crippen molar-refractivity contribution in [2.75, 3.05) is 11.4 Å². The number of amides is 1. The van der Waals surface area contributed by atoms with E-state index in [0.29, 0.717) is 11.9 Å². The second kappa shape index (κ2) is 2.88. The summed E-state index contributed by atoms with van der Waals surface area (Å²) in [5.74, 6) is 1.36. The Bertz CT molecular complexity index is 435. The number of hydrogen-bond donors (Lipinski definition) is 1. The molecule has 15 heavy (non-hydrogen) atoms. The molecule has 1 aromatic rings. The highest BCUT2D eigenvalue weighted by Gasteiger charge is 2.33. The van der Waals surface area contributed by atoms with Gasteiger partial charge in [0, 0.05) is 5.92 Å². The molecule has 0 spiro atoms. The number of Topliss-reactive ketones (excluding diaryl/α,β-unsaturated/α-hetero) is 1. The molecule has 1 saturated heterocycles. The molecule has 0 aromatic carbocycles. The molecule has 6 heteroatoms. The summed E-state index contributed by atoms with van der Waals surface area (Å²) in [4.78, 5) is 28.0. The number of anilines is 1. The Morgan fingerprint density at radius 1 is 1.33 bits per heavy atom. The minimum atomic E-state index is -0.207. The third kappa shape index (κ3) is 1.42. The average Bonchev–Trinajstić information content (AvgIpc) is 2.83. The minimum Gasteiger partial charge on any atom is -0.297 e. The third-order valence-corrected chi connectivity index (χ3v) is 2.68. The van der Waals surface area contributed by atoms with E-state index in [0.717, 1.165) is 18.7 Å². The smallest absolute Gasteiger partial charge is 0.251 e. The van der Waals surface area contributed by atoms with Crippen molar-refractivity contribution in [3.8, 4) is 0 Å². The van der Waals surface area contributed by atoms with Gasteiger partial charge in [-0.2, -0.15) is 4.98 Å². The summed E-state index contributed by atoms with van der Waals surface area (Å²) in [6, 6.07) is 0. The Morgan fingerprint density at radius 3 is 2.73 bits per heavy atom. The summed E-state index contributed by atoms with van der Waals surface area (Å²) >= 11 is 0. The molecular formula is C9H10N4O2. The zero-order valence-electron chi connectivity index (χ0n) is 8.06. The lowest BCUT2D eigenvalue weighted by Gasteiger charge is -2.07. The molecule has 0 atom stereocenters. The van der Waals surface area contributed by atoms with E-state index in [9.17, 15) is 9.59 Å². The van der Waals surface area contributed by atoms with Crippen molar-refractivity contribution in [1.82, 2.24) is 15.2 Å². The lowest BCUT2D eigenvalue weighted by Crippen LogP contribution is -2.25. The van der Waals surface area contributed by atoms with Crippen LogP contribution < -0.4 is 4.90 Å². The van der Waals surface area contributed by atoms with Gasteiger partial charge >= 0.3 is 0 Å². The van der Waals surface area contributed by atoms with Crippen LogP contribution in [0.25, 0.3) is 0 Å². The highest BCUT2D eigenvalue weighted by Crippen LogP contribution is 2.38. The average molecular weight is 206 g/mol. The van der Waals surface area contributed by atoms with Gasteiger partial charge in [-0.3, -0.25) is 19.6 Å². The van der Waals surface area contributed by atoms with Crippen LogP contribution in [0.5, 0.6) is 0 Å². The van der Waals surface area contributed by atoms with E-state index in [1.807, 2.05) is 0 Å². The van der Waals surface area contributed by atoms with Gasteiger partial charge in [0.1, 0.15) is 5.82 Å². The van der Waals surface area contributed by atoms with E-state index < -0.39 is 0 Å². The first-order valence-electron chi connectivity index (χ1n) is 4.98. The van der Waals surface area contributed by atoms with Crippen molar-refractivity contribution in [3.05, 3.63) is 5.82 Å². The van der Waals surface area contributed by atoms with E-state index >= 15 is 0 Å². The summed E-state index contributed by atoms with van der Waals surface area (Å²) in [6.07, 6.45) is 2.23. The molecule has 3 rings (SSSR count). The zero-order chi connectivity index (χ0) is 10.4. The number of aromatic nitrogens is 3. The topological polar surface area (TPSA) is 79.0 Å². The fourth-order valence-electron chi connectivity index (χ4n) is 1.69. The first-order valence-corrected chi connectivity index (χ1v) is 4.98. The number of H-pyrrole nitrogens is 1. The van der Waals surface area contributed by atoms with Crippen LogP contribution >= 0.6 is 0 Å². The molecule has 1 saturated carbocycles. The largest absolute Gasteiger partial charge is 0.297 e. The first kappa shape index (κ1) is 8.58. The number of rotatable bonds is 2. The number of aromatic amines is 1. The lowest BCUT2D eigenvalue weighted by atomic mass is 10.3. The van der Waals surface area contributed by atoms with Crippen molar-refractivity contribution in [3.63, 3.8) is 0 Å². The summed E-state index contributed by atoms with van der Waals surface area (Å²) in [5, 5.41) is 6.77. The SMILES string of the molecule is O=C1CC(=O)N(c2n[nH]c(C3CC3)n2)C1. The highest BCUT2D eigenvalue weighted by atomic mass is 16.2. The first-order chi connectivity index (χ1) is 7.24. The Balaban J connectivity index is 1.85. The summed E-state index contributed by atoms with van der Waals surface area (Å²) in [6.45, 7) is 0.112. The van der Waals surface area contributed by atoms with E-state index in [4.69, 9.17) is 0 Å². The molecule has 78 valence electrons. The van der Waals surface area contributed by atoms with Crippen LogP contribution in [-0.2, 0) is 9.59 Å². The van der Waals surface area contributed by atoms with Crippen LogP contribution in [0.3, 0.4) is 0 Å². The fraction of sp³-hybridized carbons (Fsp3) is 0.556. The van der Waals surface area contributed by atoms with Crippen molar-refractivity contribution in [2.45, 2.75) is 25.2 Å². The zero-order valence-corrected chi connectivity index (χ0v) is 8.06. The molecule has 1 N–H and O–H groups in total. The lowest BCUT2D eigenvalue weighted by molar-refractivity contribution is -0.121. The predicted octanol–water partition coefficient (Wildman–Crippen LogP) is -0.0121. The number of hydrogen-bond acceptors (Lipinski definition) is 4. The minimum absolute atomic E-state index is 0.0205. The predicted molar refractivity (Wildman–Crippen MR) is 50.3 cm³/mol. The van der Waals surface area contributed by atoms with E-state index in [-0.39, 0.29) is 24.7 Å². The number of ketones is 1. The van der Waals surface area contributed by atoms with Gasteiger partial charge in [-0.05, 0) is 12.8 Å². The van der Waals surface area contributed by atoms with Gasteiger partial charge in [-0.15, -0.1) is 5.10 Å². The Labute approximate surface area is 85.7 Å². The van der Waals surface area contributed by atoms with Crippen molar-refractivity contribution >= 4 is 17.6 Å². The molecule has 6 nitrogen and oxygen atoms in total. The monoisotopic (exact) mass is 206 g/mol. The van der Waals surface area contributed by atoms with Crippen LogP contribution in [0.1, 0.15) is 31.0 Å². The quantitative estimate of drug-likeness (QED) is 0.690. The Morgan fingerprint density at radius 2 is 2.13 bits per heavy atom. The Kier molecular flexibility index (Phi) is 1.65. The normalized spacial score (nSPS) is 21.5. The summed E-state index contributed by atoms with van der Waals surface area (Å²) in [7, 11) is 0. The van der Waals surface area contributed by atoms with Gasteiger partial charge in [-0.1, -0.05) is 0 Å². The van der Waals surface area contributed by atoms with Crippen LogP contribution in [-0.4, -0.2) is 33.4 Å². The van der Waals surface area contributed by atoms with Crippen LogP contribution in [0.4, 0.5) is 5.95 Å². The van der Waals surface area contributed by atoms with Gasteiger partial charge in [0.15, 0.2) is 5.78 Å². The van der Waals surface area contributed by atoms with Crippen LogP contribution in [0.15, 0.2) is 0 Å². The van der Waals surface area contributed by atoms with E-state index in [1.54, 1.807) is 0 Å². The summed E-state index contributed by atoms with van der Waals surface area (Å²) in [5.41, 5.74) is 0. The molecule has 1 aromatic heterocycles. The fourth-order valence-corrected chi connectivity index (χ4v) is 1.69.